The SMILES string of the molecule is CCOC(=O)C1=C(c2ccccc2)N=c2s/c(=C\c3ccc(N4CCCC4)cc3C)c(=O)n2[C@H]1c1ccc(OC(C)C)cc1. The van der Waals surface area contributed by atoms with E-state index in [0.29, 0.717) is 26.4 Å². The van der Waals surface area contributed by atoms with Gasteiger partial charge in [-0.15, -0.1) is 0 Å². The van der Waals surface area contributed by atoms with Crippen LogP contribution in [0.15, 0.2) is 88.2 Å². The number of aryl methyl sites for hydroxylation is 1. The van der Waals surface area contributed by atoms with Crippen LogP contribution in [0.3, 0.4) is 0 Å². The third-order valence-corrected chi connectivity index (χ3v) is 8.94. The predicted molar refractivity (Wildman–Crippen MR) is 176 cm³/mol. The number of benzene rings is 3. The molecule has 226 valence electrons. The van der Waals surface area contributed by atoms with Gasteiger partial charge < -0.3 is 14.4 Å². The molecule has 8 heteroatoms. The molecule has 44 heavy (non-hydrogen) atoms. The van der Waals surface area contributed by atoms with E-state index in [1.807, 2.05) is 74.5 Å². The molecule has 2 aliphatic heterocycles. The smallest absolute Gasteiger partial charge is 0.338 e. The van der Waals surface area contributed by atoms with Crippen molar-refractivity contribution in [2.75, 3.05) is 24.6 Å². The summed E-state index contributed by atoms with van der Waals surface area (Å²) in [5.41, 5.74) is 5.51. The number of nitrogens with zero attached hydrogens (tertiary/aromatic N) is 3. The summed E-state index contributed by atoms with van der Waals surface area (Å²) in [6, 6.07) is 22.9. The van der Waals surface area contributed by atoms with Gasteiger partial charge in [0.1, 0.15) is 5.75 Å². The van der Waals surface area contributed by atoms with E-state index in [4.69, 9.17) is 14.5 Å². The van der Waals surface area contributed by atoms with E-state index >= 15 is 0 Å². The molecule has 2 aliphatic rings. The number of hydrogen-bond acceptors (Lipinski definition) is 7. The molecule has 1 aromatic heterocycles. The van der Waals surface area contributed by atoms with Gasteiger partial charge in [-0.3, -0.25) is 9.36 Å². The van der Waals surface area contributed by atoms with E-state index in [9.17, 15) is 9.59 Å². The van der Waals surface area contributed by atoms with Crippen molar-refractivity contribution >= 4 is 34.8 Å². The highest BCUT2D eigenvalue weighted by atomic mass is 32.1. The lowest BCUT2D eigenvalue weighted by atomic mass is 9.93. The standard InChI is InChI=1S/C36H37N3O4S/c1-5-42-35(41)31-32(25-11-7-6-8-12-25)37-36-39(33(31)26-14-17-29(18-15-26)43-23(2)3)34(40)30(44-36)22-27-13-16-28(21-24(27)4)38-19-9-10-20-38/h6-8,11-18,21-23,33H,5,9-10,19-20H2,1-4H3/b30-22-/t33-/m0/s1. The Hall–Kier alpha value is -4.43. The lowest BCUT2D eigenvalue weighted by Crippen LogP contribution is -2.40. The molecule has 0 radical (unpaired) electrons. The van der Waals surface area contributed by atoms with Gasteiger partial charge in [-0.05, 0) is 87.6 Å². The Morgan fingerprint density at radius 3 is 2.43 bits per heavy atom. The minimum atomic E-state index is -0.727. The normalized spacial score (nSPS) is 16.7. The van der Waals surface area contributed by atoms with Crippen molar-refractivity contribution in [2.45, 2.75) is 52.7 Å². The van der Waals surface area contributed by atoms with E-state index in [1.165, 1.54) is 29.9 Å². The summed E-state index contributed by atoms with van der Waals surface area (Å²) in [4.78, 5) is 35.8. The number of hydrogen-bond donors (Lipinski definition) is 0. The predicted octanol–water partition coefficient (Wildman–Crippen LogP) is 5.63. The molecule has 0 saturated carbocycles. The van der Waals surface area contributed by atoms with Crippen LogP contribution in [0.2, 0.25) is 0 Å². The zero-order valence-electron chi connectivity index (χ0n) is 25.6. The van der Waals surface area contributed by atoms with Gasteiger partial charge in [0.15, 0.2) is 4.80 Å². The van der Waals surface area contributed by atoms with Crippen molar-refractivity contribution in [3.8, 4) is 5.75 Å². The molecule has 3 heterocycles. The molecule has 6 rings (SSSR count). The molecular weight excluding hydrogens is 570 g/mol. The number of esters is 1. The Balaban J connectivity index is 1.54. The van der Waals surface area contributed by atoms with Crippen LogP contribution >= 0.6 is 11.3 Å². The summed E-state index contributed by atoms with van der Waals surface area (Å²) in [6.45, 7) is 10.2. The molecule has 0 N–H and O–H groups in total. The van der Waals surface area contributed by atoms with E-state index in [1.54, 1.807) is 11.5 Å². The molecule has 1 fully saturated rings. The molecule has 7 nitrogen and oxygen atoms in total. The maximum Gasteiger partial charge on any atom is 0.338 e. The van der Waals surface area contributed by atoms with Gasteiger partial charge >= 0.3 is 5.97 Å². The molecule has 1 saturated heterocycles. The first-order chi connectivity index (χ1) is 21.3. The third kappa shape index (κ3) is 5.86. The molecule has 0 bridgehead atoms. The van der Waals surface area contributed by atoms with Crippen LogP contribution in [0.1, 0.15) is 61.9 Å². The molecule has 0 aliphatic carbocycles. The summed E-state index contributed by atoms with van der Waals surface area (Å²) in [5.74, 6) is 0.221. The average Bonchev–Trinajstić information content (AvgIpc) is 3.66. The maximum atomic E-state index is 14.2. The van der Waals surface area contributed by atoms with Gasteiger partial charge in [0.25, 0.3) is 5.56 Å². The van der Waals surface area contributed by atoms with Gasteiger partial charge in [-0.25, -0.2) is 9.79 Å². The second kappa shape index (κ2) is 12.7. The Morgan fingerprint density at radius 2 is 1.77 bits per heavy atom. The van der Waals surface area contributed by atoms with Crippen molar-refractivity contribution in [2.24, 2.45) is 4.99 Å². The second-order valence-corrected chi connectivity index (χ2v) is 12.4. The number of carbonyl (C=O) groups excluding carboxylic acids is 1. The van der Waals surface area contributed by atoms with Gasteiger partial charge in [0, 0.05) is 24.3 Å². The summed E-state index contributed by atoms with van der Waals surface area (Å²) < 4.78 is 13.7. The average molecular weight is 608 g/mol. The summed E-state index contributed by atoms with van der Waals surface area (Å²) in [7, 11) is 0. The van der Waals surface area contributed by atoms with Crippen LogP contribution in [0.25, 0.3) is 11.8 Å². The Bertz CT molecular complexity index is 1880. The molecule has 0 spiro atoms. The summed E-state index contributed by atoms with van der Waals surface area (Å²) >= 11 is 1.34. The first kappa shape index (κ1) is 29.6. The molecule has 4 aromatic rings. The van der Waals surface area contributed by atoms with E-state index < -0.39 is 12.0 Å². The zero-order chi connectivity index (χ0) is 30.8. The number of rotatable bonds is 8. The zero-order valence-corrected chi connectivity index (χ0v) is 26.4. The van der Waals surface area contributed by atoms with Crippen LogP contribution < -0.4 is 24.5 Å². The minimum Gasteiger partial charge on any atom is -0.491 e. The van der Waals surface area contributed by atoms with Gasteiger partial charge in [-0.2, -0.15) is 0 Å². The van der Waals surface area contributed by atoms with Crippen molar-refractivity contribution in [3.63, 3.8) is 0 Å². The lowest BCUT2D eigenvalue weighted by molar-refractivity contribution is -0.138. The lowest BCUT2D eigenvalue weighted by Gasteiger charge is -2.26. The van der Waals surface area contributed by atoms with Crippen molar-refractivity contribution in [3.05, 3.63) is 120 Å². The number of aromatic nitrogens is 1. The first-order valence-electron chi connectivity index (χ1n) is 15.2. The van der Waals surface area contributed by atoms with Gasteiger partial charge in [-0.1, -0.05) is 59.9 Å². The number of thiazole rings is 1. The van der Waals surface area contributed by atoms with E-state index in [-0.39, 0.29) is 18.3 Å². The molecule has 1 atom stereocenters. The Kier molecular flexibility index (Phi) is 8.53. The molecule has 0 amide bonds. The number of carbonyl (C=O) groups is 1. The van der Waals surface area contributed by atoms with E-state index in [0.717, 1.165) is 35.3 Å². The minimum absolute atomic E-state index is 0.0195. The number of fused-ring (bicyclic) bond motifs is 1. The Morgan fingerprint density at radius 1 is 1.05 bits per heavy atom. The fraction of sp³-hybridized carbons (Fsp3) is 0.306. The van der Waals surface area contributed by atoms with Crippen LogP contribution in [0.4, 0.5) is 5.69 Å². The monoisotopic (exact) mass is 607 g/mol. The highest BCUT2D eigenvalue weighted by molar-refractivity contribution is 7.07. The van der Waals surface area contributed by atoms with Crippen molar-refractivity contribution < 1.29 is 14.3 Å². The quantitative estimate of drug-likeness (QED) is 0.243. The number of anilines is 1. The second-order valence-electron chi connectivity index (χ2n) is 11.4. The first-order valence-corrected chi connectivity index (χ1v) is 16.1. The summed E-state index contributed by atoms with van der Waals surface area (Å²) in [5, 5.41) is 0. The molecule has 0 unspecified atom stereocenters. The number of ether oxygens (including phenoxy) is 2. The topological polar surface area (TPSA) is 73.1 Å². The highest BCUT2D eigenvalue weighted by Gasteiger charge is 2.35. The van der Waals surface area contributed by atoms with Crippen LogP contribution in [-0.2, 0) is 9.53 Å². The Labute approximate surface area is 261 Å². The molecular formula is C36H37N3O4S. The van der Waals surface area contributed by atoms with Crippen LogP contribution in [0.5, 0.6) is 5.75 Å². The van der Waals surface area contributed by atoms with E-state index in [2.05, 4.69) is 30.0 Å². The van der Waals surface area contributed by atoms with Crippen molar-refractivity contribution in [1.29, 1.82) is 0 Å². The van der Waals surface area contributed by atoms with Crippen LogP contribution in [-0.4, -0.2) is 36.3 Å². The summed E-state index contributed by atoms with van der Waals surface area (Å²) in [6.07, 6.45) is 4.40. The van der Waals surface area contributed by atoms with Crippen molar-refractivity contribution in [1.82, 2.24) is 4.57 Å². The van der Waals surface area contributed by atoms with Gasteiger partial charge in [0.2, 0.25) is 0 Å². The molecule has 3 aromatic carbocycles. The maximum absolute atomic E-state index is 14.2. The fourth-order valence-electron chi connectivity index (χ4n) is 5.89. The van der Waals surface area contributed by atoms with Crippen LogP contribution in [0, 0.1) is 6.92 Å². The highest BCUT2D eigenvalue weighted by Crippen LogP contribution is 2.36. The fourth-order valence-corrected chi connectivity index (χ4v) is 6.88. The largest absolute Gasteiger partial charge is 0.491 e. The third-order valence-electron chi connectivity index (χ3n) is 7.95. The van der Waals surface area contributed by atoms with Gasteiger partial charge in [0.05, 0.1) is 34.6 Å².